The van der Waals surface area contributed by atoms with Crippen LogP contribution in [-0.2, 0) is 16.0 Å². The molecule has 2 heterocycles. The molecule has 88 valence electrons. The molecule has 0 amide bonds. The predicted molar refractivity (Wildman–Crippen MR) is 63.8 cm³/mol. The van der Waals surface area contributed by atoms with Crippen LogP contribution in [0.5, 0.6) is 0 Å². The Bertz CT molecular complexity index is 380. The number of ether oxygens (including phenoxy) is 1. The molecule has 0 spiro atoms. The molecule has 2 rings (SSSR count). The second kappa shape index (κ2) is 4.63. The van der Waals surface area contributed by atoms with Crippen LogP contribution in [0.4, 0.5) is 0 Å². The standard InChI is InChI=1S/C12H17NO2S/c1-9-13-10(8-16-9)7-11(14)12(2)5-3-4-6-15-12/h8H,3-7H2,1-2H3. The van der Waals surface area contributed by atoms with Crippen molar-refractivity contribution >= 4 is 17.1 Å². The Morgan fingerprint density at radius 3 is 3.00 bits per heavy atom. The molecule has 1 fully saturated rings. The zero-order valence-corrected chi connectivity index (χ0v) is 10.6. The minimum absolute atomic E-state index is 0.164. The Labute approximate surface area is 99.8 Å². The van der Waals surface area contributed by atoms with Gasteiger partial charge in [-0.1, -0.05) is 0 Å². The third kappa shape index (κ3) is 2.50. The van der Waals surface area contributed by atoms with Gasteiger partial charge >= 0.3 is 0 Å². The molecule has 1 aliphatic rings. The number of aromatic nitrogens is 1. The number of Topliss-reactive ketones (excluding diaryl/α,β-unsaturated/α-hetero) is 1. The Kier molecular flexibility index (Phi) is 3.40. The van der Waals surface area contributed by atoms with Gasteiger partial charge in [-0.3, -0.25) is 4.79 Å². The van der Waals surface area contributed by atoms with Crippen molar-refractivity contribution in [3.05, 3.63) is 16.1 Å². The van der Waals surface area contributed by atoms with E-state index in [1.807, 2.05) is 19.2 Å². The molecule has 1 saturated heterocycles. The number of aryl methyl sites for hydroxylation is 1. The van der Waals surface area contributed by atoms with Crippen molar-refractivity contribution in [2.75, 3.05) is 6.61 Å². The summed E-state index contributed by atoms with van der Waals surface area (Å²) in [5, 5.41) is 2.97. The molecule has 0 bridgehead atoms. The molecule has 16 heavy (non-hydrogen) atoms. The van der Waals surface area contributed by atoms with Crippen LogP contribution in [0, 0.1) is 6.92 Å². The third-order valence-corrected chi connectivity index (χ3v) is 3.89. The Morgan fingerprint density at radius 2 is 2.44 bits per heavy atom. The van der Waals surface area contributed by atoms with Crippen LogP contribution < -0.4 is 0 Å². The Hall–Kier alpha value is -0.740. The van der Waals surface area contributed by atoms with Crippen molar-refractivity contribution in [1.29, 1.82) is 0 Å². The van der Waals surface area contributed by atoms with Gasteiger partial charge in [-0.15, -0.1) is 11.3 Å². The van der Waals surface area contributed by atoms with Gasteiger partial charge in [0.25, 0.3) is 0 Å². The van der Waals surface area contributed by atoms with E-state index in [-0.39, 0.29) is 5.78 Å². The maximum absolute atomic E-state index is 12.1. The van der Waals surface area contributed by atoms with E-state index in [0.717, 1.165) is 30.0 Å². The molecule has 0 radical (unpaired) electrons. The summed E-state index contributed by atoms with van der Waals surface area (Å²) in [5.74, 6) is 0.164. The summed E-state index contributed by atoms with van der Waals surface area (Å²) in [6.07, 6.45) is 3.40. The molecule has 1 aromatic rings. The van der Waals surface area contributed by atoms with Crippen molar-refractivity contribution in [1.82, 2.24) is 4.98 Å². The fourth-order valence-electron chi connectivity index (χ4n) is 1.99. The Morgan fingerprint density at radius 1 is 1.62 bits per heavy atom. The van der Waals surface area contributed by atoms with Crippen LogP contribution in [-0.4, -0.2) is 23.0 Å². The summed E-state index contributed by atoms with van der Waals surface area (Å²) in [4.78, 5) is 16.5. The van der Waals surface area contributed by atoms with E-state index >= 15 is 0 Å². The van der Waals surface area contributed by atoms with Gasteiger partial charge in [0, 0.05) is 12.0 Å². The number of hydrogen-bond donors (Lipinski definition) is 0. The normalized spacial score (nSPS) is 25.6. The topological polar surface area (TPSA) is 39.2 Å². The van der Waals surface area contributed by atoms with E-state index in [1.165, 1.54) is 0 Å². The summed E-state index contributed by atoms with van der Waals surface area (Å²) in [6, 6.07) is 0. The van der Waals surface area contributed by atoms with Gasteiger partial charge in [-0.25, -0.2) is 4.98 Å². The van der Waals surface area contributed by atoms with Crippen molar-refractivity contribution in [3.63, 3.8) is 0 Å². The number of nitrogens with zero attached hydrogens (tertiary/aromatic N) is 1. The lowest BCUT2D eigenvalue weighted by Crippen LogP contribution is -2.42. The summed E-state index contributed by atoms with van der Waals surface area (Å²) in [6.45, 7) is 4.57. The molecule has 0 aliphatic carbocycles. The summed E-state index contributed by atoms with van der Waals surface area (Å²) in [7, 11) is 0. The number of thiazole rings is 1. The van der Waals surface area contributed by atoms with E-state index < -0.39 is 5.60 Å². The number of rotatable bonds is 3. The van der Waals surface area contributed by atoms with Crippen molar-refractivity contribution in [3.8, 4) is 0 Å². The second-order valence-electron chi connectivity index (χ2n) is 4.49. The van der Waals surface area contributed by atoms with E-state index in [2.05, 4.69) is 4.98 Å². The molecular formula is C12H17NO2S. The molecule has 1 atom stereocenters. The Balaban J connectivity index is 2.01. The lowest BCUT2D eigenvalue weighted by atomic mass is 9.89. The summed E-state index contributed by atoms with van der Waals surface area (Å²) in [5.41, 5.74) is 0.304. The quantitative estimate of drug-likeness (QED) is 0.813. The van der Waals surface area contributed by atoms with E-state index in [0.29, 0.717) is 13.0 Å². The second-order valence-corrected chi connectivity index (χ2v) is 5.56. The average molecular weight is 239 g/mol. The van der Waals surface area contributed by atoms with Gasteiger partial charge in [0.15, 0.2) is 5.78 Å². The molecule has 4 heteroatoms. The minimum atomic E-state index is -0.574. The van der Waals surface area contributed by atoms with E-state index in [9.17, 15) is 4.79 Å². The first-order chi connectivity index (χ1) is 7.60. The first-order valence-electron chi connectivity index (χ1n) is 5.68. The largest absolute Gasteiger partial charge is 0.367 e. The molecular weight excluding hydrogens is 222 g/mol. The number of carbonyl (C=O) groups is 1. The third-order valence-electron chi connectivity index (χ3n) is 3.07. The molecule has 1 aliphatic heterocycles. The highest BCUT2D eigenvalue weighted by Crippen LogP contribution is 2.26. The lowest BCUT2D eigenvalue weighted by molar-refractivity contribution is -0.147. The molecule has 0 saturated carbocycles. The zero-order chi connectivity index (χ0) is 11.6. The van der Waals surface area contributed by atoms with Crippen LogP contribution in [0.3, 0.4) is 0 Å². The molecule has 1 aromatic heterocycles. The highest BCUT2D eigenvalue weighted by molar-refractivity contribution is 7.09. The fourth-order valence-corrected chi connectivity index (χ4v) is 2.61. The van der Waals surface area contributed by atoms with Gasteiger partial charge in [0.05, 0.1) is 17.1 Å². The lowest BCUT2D eigenvalue weighted by Gasteiger charge is -2.32. The fraction of sp³-hybridized carbons (Fsp3) is 0.667. The molecule has 1 unspecified atom stereocenters. The SMILES string of the molecule is Cc1nc(CC(=O)C2(C)CCCCO2)cs1. The van der Waals surface area contributed by atoms with Crippen molar-refractivity contribution in [2.45, 2.75) is 45.1 Å². The molecule has 0 aromatic carbocycles. The highest BCUT2D eigenvalue weighted by Gasteiger charge is 2.35. The van der Waals surface area contributed by atoms with Crippen molar-refractivity contribution < 1.29 is 9.53 Å². The highest BCUT2D eigenvalue weighted by atomic mass is 32.1. The number of hydrogen-bond acceptors (Lipinski definition) is 4. The van der Waals surface area contributed by atoms with Gasteiger partial charge in [0.2, 0.25) is 0 Å². The monoisotopic (exact) mass is 239 g/mol. The van der Waals surface area contributed by atoms with Gasteiger partial charge in [0.1, 0.15) is 5.60 Å². The van der Waals surface area contributed by atoms with Crippen LogP contribution in [0.25, 0.3) is 0 Å². The maximum Gasteiger partial charge on any atom is 0.170 e. The number of carbonyl (C=O) groups excluding carboxylic acids is 1. The van der Waals surface area contributed by atoms with Crippen LogP contribution in [0.2, 0.25) is 0 Å². The van der Waals surface area contributed by atoms with E-state index in [4.69, 9.17) is 4.74 Å². The van der Waals surface area contributed by atoms with Gasteiger partial charge in [-0.05, 0) is 33.1 Å². The first-order valence-corrected chi connectivity index (χ1v) is 6.56. The predicted octanol–water partition coefficient (Wildman–Crippen LogP) is 2.52. The molecule has 3 nitrogen and oxygen atoms in total. The van der Waals surface area contributed by atoms with Gasteiger partial charge < -0.3 is 4.74 Å². The first kappa shape index (κ1) is 11.7. The smallest absolute Gasteiger partial charge is 0.170 e. The van der Waals surface area contributed by atoms with Crippen molar-refractivity contribution in [2.24, 2.45) is 0 Å². The summed E-state index contributed by atoms with van der Waals surface area (Å²) >= 11 is 1.59. The van der Waals surface area contributed by atoms with Crippen LogP contribution >= 0.6 is 11.3 Å². The van der Waals surface area contributed by atoms with Crippen LogP contribution in [0.15, 0.2) is 5.38 Å². The van der Waals surface area contributed by atoms with Gasteiger partial charge in [-0.2, -0.15) is 0 Å². The molecule has 0 N–H and O–H groups in total. The average Bonchev–Trinajstić information content (AvgIpc) is 2.65. The van der Waals surface area contributed by atoms with E-state index in [1.54, 1.807) is 11.3 Å². The maximum atomic E-state index is 12.1. The summed E-state index contributed by atoms with van der Waals surface area (Å²) < 4.78 is 5.63. The van der Waals surface area contributed by atoms with Crippen LogP contribution in [0.1, 0.15) is 36.9 Å². The minimum Gasteiger partial charge on any atom is -0.367 e. The number of ketones is 1. The zero-order valence-electron chi connectivity index (χ0n) is 9.78.